The lowest BCUT2D eigenvalue weighted by molar-refractivity contribution is 0.168. The topological polar surface area (TPSA) is 89.6 Å². The molecule has 0 aliphatic heterocycles. The number of methoxy groups -OCH3 is 1. The van der Waals surface area contributed by atoms with E-state index >= 15 is 0 Å². The SMILES string of the molecule is COCCn1c(C(C)N(Cc2ccco2)C(=O)Nc2ccccc2C)nc2ccccc2c1=O. The maximum Gasteiger partial charge on any atom is 0.322 e. The van der Waals surface area contributed by atoms with Crippen molar-refractivity contribution in [3.63, 3.8) is 0 Å². The van der Waals surface area contributed by atoms with Crippen molar-refractivity contribution in [1.82, 2.24) is 14.5 Å². The highest BCUT2D eigenvalue weighted by atomic mass is 16.5. The number of furan rings is 1. The number of hydrogen-bond donors (Lipinski definition) is 1. The largest absolute Gasteiger partial charge is 0.467 e. The summed E-state index contributed by atoms with van der Waals surface area (Å²) in [6, 6.07) is 17.5. The number of nitrogens with one attached hydrogen (secondary N) is 1. The molecule has 34 heavy (non-hydrogen) atoms. The molecule has 0 aliphatic rings. The van der Waals surface area contributed by atoms with Crippen LogP contribution in [0.5, 0.6) is 0 Å². The van der Waals surface area contributed by atoms with Crippen LogP contribution in [0.1, 0.15) is 30.1 Å². The van der Waals surface area contributed by atoms with E-state index in [4.69, 9.17) is 14.1 Å². The Morgan fingerprint density at radius 3 is 2.65 bits per heavy atom. The second-order valence-corrected chi connectivity index (χ2v) is 8.07. The molecular weight excluding hydrogens is 432 g/mol. The first-order valence-electron chi connectivity index (χ1n) is 11.1. The third kappa shape index (κ3) is 4.87. The summed E-state index contributed by atoms with van der Waals surface area (Å²) in [7, 11) is 1.58. The van der Waals surface area contributed by atoms with Gasteiger partial charge in [-0.2, -0.15) is 0 Å². The molecule has 8 heteroatoms. The molecule has 1 N–H and O–H groups in total. The van der Waals surface area contributed by atoms with E-state index in [0.717, 1.165) is 5.56 Å². The summed E-state index contributed by atoms with van der Waals surface area (Å²) >= 11 is 0. The van der Waals surface area contributed by atoms with Gasteiger partial charge in [-0.05, 0) is 49.7 Å². The summed E-state index contributed by atoms with van der Waals surface area (Å²) in [6.07, 6.45) is 1.57. The van der Waals surface area contributed by atoms with Crippen molar-refractivity contribution in [2.45, 2.75) is 33.0 Å². The van der Waals surface area contributed by atoms with Crippen molar-refractivity contribution >= 4 is 22.6 Å². The van der Waals surface area contributed by atoms with Gasteiger partial charge in [-0.25, -0.2) is 9.78 Å². The van der Waals surface area contributed by atoms with E-state index in [2.05, 4.69) is 5.32 Å². The molecule has 4 aromatic rings. The predicted octanol–water partition coefficient (Wildman–Crippen LogP) is 4.74. The van der Waals surface area contributed by atoms with Gasteiger partial charge in [-0.3, -0.25) is 9.36 Å². The normalized spacial score (nSPS) is 12.0. The monoisotopic (exact) mass is 460 g/mol. The number of carbonyl (C=O) groups is 1. The van der Waals surface area contributed by atoms with Crippen molar-refractivity contribution in [3.05, 3.63) is 94.4 Å². The summed E-state index contributed by atoms with van der Waals surface area (Å²) < 4.78 is 12.4. The molecular formula is C26H28N4O4. The highest BCUT2D eigenvalue weighted by molar-refractivity contribution is 5.90. The molecule has 0 fully saturated rings. The summed E-state index contributed by atoms with van der Waals surface area (Å²) in [5.74, 6) is 1.10. The molecule has 2 aromatic heterocycles. The molecule has 8 nitrogen and oxygen atoms in total. The maximum atomic E-state index is 13.5. The molecule has 2 amide bonds. The first-order valence-corrected chi connectivity index (χ1v) is 11.1. The number of aryl methyl sites for hydroxylation is 1. The van der Waals surface area contributed by atoms with Crippen molar-refractivity contribution in [2.75, 3.05) is 19.0 Å². The number of anilines is 1. The van der Waals surface area contributed by atoms with E-state index in [-0.39, 0.29) is 18.1 Å². The Balaban J connectivity index is 1.77. The molecule has 1 atom stereocenters. The number of fused-ring (bicyclic) bond motifs is 1. The van der Waals surface area contributed by atoms with Gasteiger partial charge in [0.05, 0.1) is 42.9 Å². The molecule has 4 rings (SSSR count). The molecule has 176 valence electrons. The van der Waals surface area contributed by atoms with Crippen LogP contribution in [0.2, 0.25) is 0 Å². The van der Waals surface area contributed by atoms with Crippen LogP contribution >= 0.6 is 0 Å². The second kappa shape index (κ2) is 10.4. The molecule has 0 saturated heterocycles. The Bertz CT molecular complexity index is 1330. The summed E-state index contributed by atoms with van der Waals surface area (Å²) in [4.78, 5) is 33.3. The van der Waals surface area contributed by atoms with Crippen LogP contribution in [0.4, 0.5) is 10.5 Å². The zero-order chi connectivity index (χ0) is 24.1. The number of benzene rings is 2. The number of rotatable bonds is 8. The minimum Gasteiger partial charge on any atom is -0.467 e. The molecule has 2 heterocycles. The van der Waals surface area contributed by atoms with Crippen LogP contribution in [-0.2, 0) is 17.8 Å². The molecule has 1 unspecified atom stereocenters. The number of hydrogen-bond acceptors (Lipinski definition) is 5. The lowest BCUT2D eigenvalue weighted by atomic mass is 10.2. The van der Waals surface area contributed by atoms with Gasteiger partial charge in [0.15, 0.2) is 0 Å². The second-order valence-electron chi connectivity index (χ2n) is 8.07. The highest BCUT2D eigenvalue weighted by Crippen LogP contribution is 2.24. The number of ether oxygens (including phenoxy) is 1. The lowest BCUT2D eigenvalue weighted by Crippen LogP contribution is -2.40. The Labute approximate surface area is 197 Å². The Kier molecular flexibility index (Phi) is 7.08. The van der Waals surface area contributed by atoms with Gasteiger partial charge in [-0.1, -0.05) is 30.3 Å². The van der Waals surface area contributed by atoms with Crippen LogP contribution in [0, 0.1) is 6.92 Å². The van der Waals surface area contributed by atoms with Crippen molar-refractivity contribution < 1.29 is 13.9 Å². The number of aromatic nitrogens is 2. The first kappa shape index (κ1) is 23.3. The summed E-state index contributed by atoms with van der Waals surface area (Å²) in [6.45, 7) is 4.66. The fourth-order valence-corrected chi connectivity index (χ4v) is 3.90. The predicted molar refractivity (Wildman–Crippen MR) is 131 cm³/mol. The van der Waals surface area contributed by atoms with Gasteiger partial charge in [0.25, 0.3) is 5.56 Å². The highest BCUT2D eigenvalue weighted by Gasteiger charge is 2.27. The summed E-state index contributed by atoms with van der Waals surface area (Å²) in [5, 5.41) is 3.52. The number of para-hydroxylation sites is 2. The zero-order valence-corrected chi connectivity index (χ0v) is 19.5. The molecule has 0 saturated carbocycles. The van der Waals surface area contributed by atoms with Gasteiger partial charge in [0.1, 0.15) is 11.6 Å². The van der Waals surface area contributed by atoms with Crippen molar-refractivity contribution in [3.8, 4) is 0 Å². The zero-order valence-electron chi connectivity index (χ0n) is 19.5. The molecule has 0 spiro atoms. The van der Waals surface area contributed by atoms with Crippen molar-refractivity contribution in [1.29, 1.82) is 0 Å². The standard InChI is InChI=1S/C26H28N4O4/c1-18-9-4-6-12-22(18)28-26(32)30(17-20-10-8-15-34-20)19(2)24-27-23-13-7-5-11-21(23)25(31)29(24)14-16-33-3/h4-13,15,19H,14,16-17H2,1-3H3,(H,28,32). The van der Waals surface area contributed by atoms with E-state index in [0.29, 0.717) is 41.3 Å². The van der Waals surface area contributed by atoms with Crippen LogP contribution in [-0.4, -0.2) is 34.2 Å². The molecule has 0 bridgehead atoms. The quantitative estimate of drug-likeness (QED) is 0.410. The van der Waals surface area contributed by atoms with E-state index in [9.17, 15) is 9.59 Å². The number of urea groups is 1. The third-order valence-corrected chi connectivity index (χ3v) is 5.81. The molecule has 0 aliphatic carbocycles. The van der Waals surface area contributed by atoms with Crippen LogP contribution in [0.3, 0.4) is 0 Å². The van der Waals surface area contributed by atoms with Gasteiger partial charge in [0.2, 0.25) is 0 Å². The molecule has 0 radical (unpaired) electrons. The van der Waals surface area contributed by atoms with Crippen molar-refractivity contribution in [2.24, 2.45) is 0 Å². The average molecular weight is 461 g/mol. The van der Waals surface area contributed by atoms with Crippen LogP contribution in [0.25, 0.3) is 10.9 Å². The minimum absolute atomic E-state index is 0.165. The third-order valence-electron chi connectivity index (χ3n) is 5.81. The Morgan fingerprint density at radius 1 is 1.15 bits per heavy atom. The van der Waals surface area contributed by atoms with E-state index < -0.39 is 6.04 Å². The van der Waals surface area contributed by atoms with E-state index in [1.807, 2.05) is 56.3 Å². The van der Waals surface area contributed by atoms with E-state index in [1.165, 1.54) is 0 Å². The van der Waals surface area contributed by atoms with Crippen LogP contribution in [0.15, 0.2) is 76.1 Å². The number of nitrogens with zero attached hydrogens (tertiary/aromatic N) is 3. The molecule has 2 aromatic carbocycles. The minimum atomic E-state index is -0.539. The Hall–Kier alpha value is -3.91. The van der Waals surface area contributed by atoms with E-state index in [1.54, 1.807) is 41.0 Å². The summed E-state index contributed by atoms with van der Waals surface area (Å²) in [5.41, 5.74) is 2.08. The fourth-order valence-electron chi connectivity index (χ4n) is 3.90. The maximum absolute atomic E-state index is 13.5. The van der Waals surface area contributed by atoms with Gasteiger partial charge in [-0.15, -0.1) is 0 Å². The Morgan fingerprint density at radius 2 is 1.91 bits per heavy atom. The number of carbonyl (C=O) groups excluding carboxylic acids is 1. The smallest absolute Gasteiger partial charge is 0.322 e. The number of amides is 2. The average Bonchev–Trinajstić information content (AvgIpc) is 3.36. The van der Waals surface area contributed by atoms with Gasteiger partial charge < -0.3 is 19.4 Å². The van der Waals surface area contributed by atoms with Gasteiger partial charge in [0, 0.05) is 12.8 Å². The fraction of sp³-hybridized carbons (Fsp3) is 0.269. The van der Waals surface area contributed by atoms with Crippen LogP contribution < -0.4 is 10.9 Å². The lowest BCUT2D eigenvalue weighted by Gasteiger charge is -2.30. The van der Waals surface area contributed by atoms with Gasteiger partial charge >= 0.3 is 6.03 Å². The first-order chi connectivity index (χ1) is 16.5.